The number of nitrogens with one attached hydrogen (secondary N) is 1. The minimum Gasteiger partial charge on any atom is -0.497 e. The van der Waals surface area contributed by atoms with E-state index >= 15 is 0 Å². The summed E-state index contributed by atoms with van der Waals surface area (Å²) in [6.45, 7) is 4.24. The Morgan fingerprint density at radius 3 is 2.79 bits per heavy atom. The molecule has 14 heavy (non-hydrogen) atoms. The van der Waals surface area contributed by atoms with Crippen LogP contribution in [0.1, 0.15) is 25.6 Å². The van der Waals surface area contributed by atoms with Gasteiger partial charge in [0, 0.05) is 12.0 Å². The van der Waals surface area contributed by atoms with Gasteiger partial charge in [0.2, 0.25) is 0 Å². The maximum absolute atomic E-state index is 5.14. The van der Waals surface area contributed by atoms with Crippen molar-refractivity contribution in [2.24, 2.45) is 0 Å². The molecule has 0 aliphatic heterocycles. The van der Waals surface area contributed by atoms with E-state index in [1.807, 2.05) is 18.2 Å². The van der Waals surface area contributed by atoms with Crippen LogP contribution in [-0.2, 0) is 0 Å². The summed E-state index contributed by atoms with van der Waals surface area (Å²) in [5.74, 6) is 2.30. The molecule has 3 heteroatoms. The van der Waals surface area contributed by atoms with Crippen LogP contribution in [0.25, 0.3) is 11.0 Å². The first kappa shape index (κ1) is 9.06. The Hall–Kier alpha value is -1.51. The molecule has 0 amide bonds. The second-order valence-electron chi connectivity index (χ2n) is 3.66. The fourth-order valence-corrected chi connectivity index (χ4v) is 1.41. The van der Waals surface area contributed by atoms with Gasteiger partial charge in [-0.3, -0.25) is 0 Å². The van der Waals surface area contributed by atoms with Crippen molar-refractivity contribution < 1.29 is 4.74 Å². The normalized spacial score (nSPS) is 11.1. The van der Waals surface area contributed by atoms with Crippen LogP contribution in [0.4, 0.5) is 0 Å². The van der Waals surface area contributed by atoms with Gasteiger partial charge in [-0.2, -0.15) is 0 Å². The molecule has 0 unspecified atom stereocenters. The van der Waals surface area contributed by atoms with Gasteiger partial charge >= 0.3 is 0 Å². The highest BCUT2D eigenvalue weighted by Crippen LogP contribution is 2.21. The zero-order chi connectivity index (χ0) is 10.1. The van der Waals surface area contributed by atoms with Gasteiger partial charge in [-0.25, -0.2) is 4.98 Å². The second kappa shape index (κ2) is 3.33. The minimum absolute atomic E-state index is 0.424. The molecule has 1 aromatic heterocycles. The van der Waals surface area contributed by atoms with Gasteiger partial charge in [0.25, 0.3) is 0 Å². The number of benzene rings is 1. The lowest BCUT2D eigenvalue weighted by atomic mass is 10.2. The van der Waals surface area contributed by atoms with Crippen molar-refractivity contribution in [1.29, 1.82) is 0 Å². The standard InChI is InChI=1S/C11H14N2O/c1-7(2)11-12-9-5-4-8(14-3)6-10(9)13-11/h4-7H,1-3H3,(H,12,13). The number of imidazole rings is 1. The van der Waals surface area contributed by atoms with Crippen molar-refractivity contribution in [3.05, 3.63) is 24.0 Å². The molecule has 0 spiro atoms. The van der Waals surface area contributed by atoms with Crippen molar-refractivity contribution in [2.75, 3.05) is 7.11 Å². The molecule has 0 saturated heterocycles. The van der Waals surface area contributed by atoms with Crippen LogP contribution in [0.3, 0.4) is 0 Å². The third-order valence-corrected chi connectivity index (χ3v) is 2.25. The van der Waals surface area contributed by atoms with Gasteiger partial charge in [-0.15, -0.1) is 0 Å². The molecule has 3 nitrogen and oxygen atoms in total. The monoisotopic (exact) mass is 190 g/mol. The summed E-state index contributed by atoms with van der Waals surface area (Å²) in [7, 11) is 1.67. The van der Waals surface area contributed by atoms with Gasteiger partial charge in [0.05, 0.1) is 18.1 Å². The largest absolute Gasteiger partial charge is 0.497 e. The molecule has 2 aromatic rings. The fourth-order valence-electron chi connectivity index (χ4n) is 1.41. The first-order valence-corrected chi connectivity index (χ1v) is 4.74. The summed E-state index contributed by atoms with van der Waals surface area (Å²) in [6.07, 6.45) is 0. The molecule has 0 saturated carbocycles. The molecule has 2 rings (SSSR count). The van der Waals surface area contributed by atoms with E-state index in [0.29, 0.717) is 5.92 Å². The zero-order valence-corrected chi connectivity index (χ0v) is 8.66. The van der Waals surface area contributed by atoms with E-state index in [9.17, 15) is 0 Å². The number of ether oxygens (including phenoxy) is 1. The maximum atomic E-state index is 5.14. The highest BCUT2D eigenvalue weighted by Gasteiger charge is 2.06. The van der Waals surface area contributed by atoms with Gasteiger partial charge < -0.3 is 9.72 Å². The van der Waals surface area contributed by atoms with E-state index in [1.54, 1.807) is 7.11 Å². The highest BCUT2D eigenvalue weighted by atomic mass is 16.5. The third-order valence-electron chi connectivity index (χ3n) is 2.25. The number of rotatable bonds is 2. The predicted molar refractivity (Wildman–Crippen MR) is 56.7 cm³/mol. The topological polar surface area (TPSA) is 37.9 Å². The van der Waals surface area contributed by atoms with Crippen molar-refractivity contribution in [1.82, 2.24) is 9.97 Å². The van der Waals surface area contributed by atoms with E-state index in [2.05, 4.69) is 23.8 Å². The van der Waals surface area contributed by atoms with Gasteiger partial charge in [0.15, 0.2) is 0 Å². The number of nitrogens with zero attached hydrogens (tertiary/aromatic N) is 1. The molecule has 0 radical (unpaired) electrons. The van der Waals surface area contributed by atoms with E-state index in [4.69, 9.17) is 4.74 Å². The van der Waals surface area contributed by atoms with Crippen LogP contribution in [0.5, 0.6) is 5.75 Å². The average molecular weight is 190 g/mol. The second-order valence-corrected chi connectivity index (χ2v) is 3.66. The number of methoxy groups -OCH3 is 1. The molecular formula is C11H14N2O. The molecule has 1 aromatic carbocycles. The van der Waals surface area contributed by atoms with Crippen LogP contribution in [0, 0.1) is 0 Å². The van der Waals surface area contributed by atoms with E-state index in [0.717, 1.165) is 22.6 Å². The SMILES string of the molecule is COc1ccc2nc(C(C)C)[nH]c2c1. The van der Waals surface area contributed by atoms with Crippen molar-refractivity contribution >= 4 is 11.0 Å². The van der Waals surface area contributed by atoms with E-state index < -0.39 is 0 Å². The zero-order valence-electron chi connectivity index (χ0n) is 8.66. The lowest BCUT2D eigenvalue weighted by Crippen LogP contribution is -1.88. The quantitative estimate of drug-likeness (QED) is 0.790. The smallest absolute Gasteiger partial charge is 0.121 e. The Bertz CT molecular complexity index is 445. The lowest BCUT2D eigenvalue weighted by molar-refractivity contribution is 0.415. The number of hydrogen-bond acceptors (Lipinski definition) is 2. The summed E-state index contributed by atoms with van der Waals surface area (Å²) < 4.78 is 5.14. The Balaban J connectivity index is 2.54. The van der Waals surface area contributed by atoms with Crippen molar-refractivity contribution in [3.63, 3.8) is 0 Å². The molecule has 0 atom stereocenters. The molecule has 0 aliphatic carbocycles. The molecule has 0 fully saturated rings. The van der Waals surface area contributed by atoms with Crippen molar-refractivity contribution in [3.8, 4) is 5.75 Å². The Labute approximate surface area is 83.1 Å². The maximum Gasteiger partial charge on any atom is 0.121 e. The molecule has 1 heterocycles. The molecular weight excluding hydrogens is 176 g/mol. The summed E-state index contributed by atoms with van der Waals surface area (Å²) in [5.41, 5.74) is 2.03. The Morgan fingerprint density at radius 1 is 1.36 bits per heavy atom. The van der Waals surface area contributed by atoms with Crippen LogP contribution in [0.2, 0.25) is 0 Å². The summed E-state index contributed by atoms with van der Waals surface area (Å²) in [5, 5.41) is 0. The third kappa shape index (κ3) is 1.45. The number of aromatic amines is 1. The van der Waals surface area contributed by atoms with Crippen molar-refractivity contribution in [2.45, 2.75) is 19.8 Å². The van der Waals surface area contributed by atoms with Gasteiger partial charge in [-0.05, 0) is 12.1 Å². The van der Waals surface area contributed by atoms with Crippen LogP contribution in [0.15, 0.2) is 18.2 Å². The first-order valence-electron chi connectivity index (χ1n) is 4.74. The van der Waals surface area contributed by atoms with Gasteiger partial charge in [-0.1, -0.05) is 13.8 Å². The number of aromatic nitrogens is 2. The Morgan fingerprint density at radius 2 is 2.14 bits per heavy atom. The molecule has 0 bridgehead atoms. The van der Waals surface area contributed by atoms with Gasteiger partial charge in [0.1, 0.15) is 11.6 Å². The van der Waals surface area contributed by atoms with Crippen LogP contribution < -0.4 is 4.74 Å². The molecule has 74 valence electrons. The minimum atomic E-state index is 0.424. The Kier molecular flexibility index (Phi) is 2.15. The predicted octanol–water partition coefficient (Wildman–Crippen LogP) is 2.69. The van der Waals surface area contributed by atoms with Crippen LogP contribution >= 0.6 is 0 Å². The summed E-state index contributed by atoms with van der Waals surface area (Å²) in [6, 6.07) is 5.86. The van der Waals surface area contributed by atoms with Crippen LogP contribution in [-0.4, -0.2) is 17.1 Å². The summed E-state index contributed by atoms with van der Waals surface area (Å²) >= 11 is 0. The number of H-pyrrole nitrogens is 1. The lowest BCUT2D eigenvalue weighted by Gasteiger charge is -1.97. The molecule has 0 aliphatic rings. The number of hydrogen-bond donors (Lipinski definition) is 1. The number of fused-ring (bicyclic) bond motifs is 1. The molecule has 1 N–H and O–H groups in total. The average Bonchev–Trinajstić information content (AvgIpc) is 2.59. The highest BCUT2D eigenvalue weighted by molar-refractivity contribution is 5.76. The fraction of sp³-hybridized carbons (Fsp3) is 0.364. The first-order chi connectivity index (χ1) is 6.70. The summed E-state index contributed by atoms with van der Waals surface area (Å²) in [4.78, 5) is 7.76. The van der Waals surface area contributed by atoms with E-state index in [-0.39, 0.29) is 0 Å². The van der Waals surface area contributed by atoms with E-state index in [1.165, 1.54) is 0 Å².